The number of rotatable bonds is 2. The van der Waals surface area contributed by atoms with E-state index >= 15 is 0 Å². The van der Waals surface area contributed by atoms with E-state index in [0.29, 0.717) is 24.9 Å². The lowest BCUT2D eigenvalue weighted by atomic mass is 9.86. The highest BCUT2D eigenvalue weighted by molar-refractivity contribution is 5.75. The summed E-state index contributed by atoms with van der Waals surface area (Å²) in [5.41, 5.74) is 0. The van der Waals surface area contributed by atoms with E-state index in [1.165, 1.54) is 6.42 Å². The van der Waals surface area contributed by atoms with E-state index in [9.17, 15) is 9.59 Å². The van der Waals surface area contributed by atoms with Crippen LogP contribution in [0.3, 0.4) is 0 Å². The third-order valence-electron chi connectivity index (χ3n) is 4.86. The van der Waals surface area contributed by atoms with Crippen LogP contribution in [0.4, 0.5) is 4.79 Å². The molecule has 2 amide bonds. The van der Waals surface area contributed by atoms with Crippen LogP contribution < -0.4 is 0 Å². The van der Waals surface area contributed by atoms with E-state index in [2.05, 4.69) is 20.8 Å². The molecule has 0 aromatic rings. The van der Waals surface area contributed by atoms with E-state index in [1.54, 1.807) is 0 Å². The second kappa shape index (κ2) is 6.02. The van der Waals surface area contributed by atoms with Crippen LogP contribution in [0.25, 0.3) is 0 Å². The SMILES string of the molecule is CC1CC(C)C(C)N(C(=O)N2CCC(CC(=O)O)C2)C1. The molecule has 0 aromatic carbocycles. The lowest BCUT2D eigenvalue weighted by molar-refractivity contribution is -0.138. The number of carbonyl (C=O) groups excluding carboxylic acids is 1. The van der Waals surface area contributed by atoms with Gasteiger partial charge in [-0.2, -0.15) is 0 Å². The Balaban J connectivity index is 1.95. The Bertz CT molecular complexity index is 385. The first-order chi connectivity index (χ1) is 9.38. The van der Waals surface area contributed by atoms with Gasteiger partial charge in [-0.3, -0.25) is 4.79 Å². The van der Waals surface area contributed by atoms with Crippen molar-refractivity contribution in [3.63, 3.8) is 0 Å². The third-order valence-corrected chi connectivity index (χ3v) is 4.86. The Kier molecular flexibility index (Phi) is 4.55. The van der Waals surface area contributed by atoms with E-state index in [0.717, 1.165) is 13.0 Å². The van der Waals surface area contributed by atoms with Crippen LogP contribution in [0.2, 0.25) is 0 Å². The topological polar surface area (TPSA) is 60.9 Å². The largest absolute Gasteiger partial charge is 0.481 e. The number of piperidine rings is 1. The molecule has 20 heavy (non-hydrogen) atoms. The molecule has 1 N–H and O–H groups in total. The van der Waals surface area contributed by atoms with Crippen LogP contribution >= 0.6 is 0 Å². The molecule has 0 aromatic heterocycles. The molecule has 4 unspecified atom stereocenters. The van der Waals surface area contributed by atoms with Crippen molar-refractivity contribution in [2.45, 2.75) is 46.1 Å². The summed E-state index contributed by atoms with van der Waals surface area (Å²) in [6.45, 7) is 8.64. The maximum absolute atomic E-state index is 12.6. The maximum Gasteiger partial charge on any atom is 0.320 e. The van der Waals surface area contributed by atoms with Crippen LogP contribution in [0.5, 0.6) is 0 Å². The van der Waals surface area contributed by atoms with Gasteiger partial charge >= 0.3 is 12.0 Å². The summed E-state index contributed by atoms with van der Waals surface area (Å²) in [5, 5.41) is 8.85. The maximum atomic E-state index is 12.6. The summed E-state index contributed by atoms with van der Waals surface area (Å²) in [5.74, 6) is 0.423. The molecule has 5 heteroatoms. The summed E-state index contributed by atoms with van der Waals surface area (Å²) < 4.78 is 0. The zero-order valence-electron chi connectivity index (χ0n) is 12.7. The fourth-order valence-electron chi connectivity index (χ4n) is 3.57. The Morgan fingerprint density at radius 3 is 2.55 bits per heavy atom. The third kappa shape index (κ3) is 3.25. The highest BCUT2D eigenvalue weighted by atomic mass is 16.4. The lowest BCUT2D eigenvalue weighted by Crippen LogP contribution is -2.53. The summed E-state index contributed by atoms with van der Waals surface area (Å²) in [6.07, 6.45) is 2.16. The number of carboxylic acids is 1. The zero-order valence-corrected chi connectivity index (χ0v) is 12.7. The molecule has 0 radical (unpaired) electrons. The average molecular weight is 282 g/mol. The zero-order chi connectivity index (χ0) is 14.9. The van der Waals surface area contributed by atoms with Crippen molar-refractivity contribution in [1.29, 1.82) is 0 Å². The predicted molar refractivity (Wildman–Crippen MR) is 76.4 cm³/mol. The van der Waals surface area contributed by atoms with Gasteiger partial charge in [0.05, 0.1) is 0 Å². The molecule has 4 atom stereocenters. The Morgan fingerprint density at radius 1 is 1.20 bits per heavy atom. The molecule has 0 saturated carbocycles. The van der Waals surface area contributed by atoms with Crippen LogP contribution in [0, 0.1) is 17.8 Å². The van der Waals surface area contributed by atoms with Crippen LogP contribution in [-0.2, 0) is 4.79 Å². The molecule has 5 nitrogen and oxygen atoms in total. The predicted octanol–water partition coefficient (Wildman–Crippen LogP) is 2.27. The number of aliphatic carboxylic acids is 1. The van der Waals surface area contributed by atoms with Crippen molar-refractivity contribution < 1.29 is 14.7 Å². The van der Waals surface area contributed by atoms with Crippen LogP contribution in [0.15, 0.2) is 0 Å². The molecule has 2 saturated heterocycles. The molecule has 0 bridgehead atoms. The van der Waals surface area contributed by atoms with Crippen LogP contribution in [0.1, 0.15) is 40.0 Å². The van der Waals surface area contributed by atoms with E-state index in [4.69, 9.17) is 5.11 Å². The van der Waals surface area contributed by atoms with Crippen molar-refractivity contribution in [2.75, 3.05) is 19.6 Å². The molecule has 2 aliphatic rings. The molecule has 2 fully saturated rings. The number of nitrogens with zero attached hydrogens (tertiary/aromatic N) is 2. The van der Waals surface area contributed by atoms with Gasteiger partial charge in [-0.05, 0) is 37.5 Å². The number of hydrogen-bond acceptors (Lipinski definition) is 2. The molecule has 2 aliphatic heterocycles. The average Bonchev–Trinajstić information content (AvgIpc) is 2.80. The summed E-state index contributed by atoms with van der Waals surface area (Å²) >= 11 is 0. The molecular formula is C15H26N2O3. The lowest BCUT2D eigenvalue weighted by Gasteiger charge is -2.42. The minimum Gasteiger partial charge on any atom is -0.481 e. The first kappa shape index (κ1) is 15.1. The first-order valence-electron chi connectivity index (χ1n) is 7.65. The monoisotopic (exact) mass is 282 g/mol. The van der Waals surface area contributed by atoms with Gasteiger partial charge in [0, 0.05) is 32.1 Å². The van der Waals surface area contributed by atoms with Gasteiger partial charge in [0.1, 0.15) is 0 Å². The standard InChI is InChI=1S/C15H26N2O3/c1-10-6-11(2)12(3)17(8-10)15(20)16-5-4-13(9-16)7-14(18)19/h10-13H,4-9H2,1-3H3,(H,18,19). The fourth-order valence-corrected chi connectivity index (χ4v) is 3.57. The van der Waals surface area contributed by atoms with Gasteiger partial charge < -0.3 is 14.9 Å². The van der Waals surface area contributed by atoms with Gasteiger partial charge in [-0.1, -0.05) is 13.8 Å². The highest BCUT2D eigenvalue weighted by Gasteiger charge is 2.36. The first-order valence-corrected chi connectivity index (χ1v) is 7.65. The minimum atomic E-state index is -0.766. The Morgan fingerprint density at radius 2 is 1.90 bits per heavy atom. The number of carbonyl (C=O) groups is 2. The van der Waals surface area contributed by atoms with Crippen LogP contribution in [-0.4, -0.2) is 52.6 Å². The van der Waals surface area contributed by atoms with Crippen molar-refractivity contribution in [2.24, 2.45) is 17.8 Å². The summed E-state index contributed by atoms with van der Waals surface area (Å²) in [4.78, 5) is 27.2. The van der Waals surface area contributed by atoms with Crippen molar-refractivity contribution in [3.05, 3.63) is 0 Å². The smallest absolute Gasteiger partial charge is 0.320 e. The van der Waals surface area contributed by atoms with Gasteiger partial charge in [0.2, 0.25) is 0 Å². The number of likely N-dealkylation sites (tertiary alicyclic amines) is 2. The van der Waals surface area contributed by atoms with E-state index < -0.39 is 5.97 Å². The number of hydrogen-bond donors (Lipinski definition) is 1. The fraction of sp³-hybridized carbons (Fsp3) is 0.867. The summed E-state index contributed by atoms with van der Waals surface area (Å²) in [6, 6.07) is 0.376. The normalized spacial score (nSPS) is 34.4. The number of urea groups is 1. The highest BCUT2D eigenvalue weighted by Crippen LogP contribution is 2.29. The molecule has 114 valence electrons. The molecule has 2 heterocycles. The second-order valence-electron chi connectivity index (χ2n) is 6.69. The summed E-state index contributed by atoms with van der Waals surface area (Å²) in [7, 11) is 0. The second-order valence-corrected chi connectivity index (χ2v) is 6.69. The van der Waals surface area contributed by atoms with E-state index in [1.807, 2.05) is 9.80 Å². The van der Waals surface area contributed by atoms with Crippen molar-refractivity contribution in [3.8, 4) is 0 Å². The number of carboxylic acid groups (broad SMARTS) is 1. The van der Waals surface area contributed by atoms with Gasteiger partial charge in [-0.25, -0.2) is 4.79 Å². The van der Waals surface area contributed by atoms with E-state index in [-0.39, 0.29) is 24.4 Å². The van der Waals surface area contributed by atoms with Crippen molar-refractivity contribution in [1.82, 2.24) is 9.80 Å². The van der Waals surface area contributed by atoms with Crippen molar-refractivity contribution >= 4 is 12.0 Å². The molecule has 0 spiro atoms. The Labute approximate surface area is 120 Å². The van der Waals surface area contributed by atoms with Gasteiger partial charge in [0.15, 0.2) is 0 Å². The number of amides is 2. The molecular weight excluding hydrogens is 256 g/mol. The van der Waals surface area contributed by atoms with Gasteiger partial charge in [0.25, 0.3) is 0 Å². The Hall–Kier alpha value is -1.26. The van der Waals surface area contributed by atoms with Gasteiger partial charge in [-0.15, -0.1) is 0 Å². The molecule has 0 aliphatic carbocycles. The quantitative estimate of drug-likeness (QED) is 0.845. The molecule has 2 rings (SSSR count). The minimum absolute atomic E-state index is 0.101.